The van der Waals surface area contributed by atoms with Crippen molar-refractivity contribution in [2.45, 2.75) is 53.7 Å². The monoisotopic (exact) mass is 574 g/mol. The Morgan fingerprint density at radius 3 is 2.10 bits per heavy atom. The van der Waals surface area contributed by atoms with Crippen molar-refractivity contribution in [3.8, 4) is 28.7 Å². The van der Waals surface area contributed by atoms with Crippen LogP contribution in [-0.2, 0) is 10.5 Å². The highest BCUT2D eigenvalue weighted by Crippen LogP contribution is 2.56. The maximum atomic E-state index is 11.5. The van der Waals surface area contributed by atoms with Gasteiger partial charge in [0.1, 0.15) is 53.9 Å². The zero-order valence-electron chi connectivity index (χ0n) is 21.0. The maximum Gasteiger partial charge on any atom is 0.157 e. The molecule has 2 aliphatic heterocycles. The summed E-state index contributed by atoms with van der Waals surface area (Å²) >= 11 is 1.27. The van der Waals surface area contributed by atoms with E-state index in [0.29, 0.717) is 11.3 Å². The van der Waals surface area contributed by atoms with E-state index < -0.39 is 71.8 Å². The normalized spacial score (nSPS) is 29.9. The van der Waals surface area contributed by atoms with Crippen LogP contribution >= 0.6 is 11.8 Å². The van der Waals surface area contributed by atoms with Crippen molar-refractivity contribution in [1.82, 2.24) is 0 Å². The molecule has 5 rings (SSSR count). The third-order valence-corrected chi connectivity index (χ3v) is 8.63. The quantitative estimate of drug-likeness (QED) is 0.192. The van der Waals surface area contributed by atoms with Crippen LogP contribution in [0.1, 0.15) is 39.7 Å². The molecule has 3 aromatic carbocycles. The van der Waals surface area contributed by atoms with Crippen molar-refractivity contribution in [3.63, 3.8) is 0 Å². The Kier molecular flexibility index (Phi) is 8.02. The lowest BCUT2D eigenvalue weighted by molar-refractivity contribution is -0.232. The summed E-state index contributed by atoms with van der Waals surface area (Å²) < 4.78 is 11.6. The number of aliphatic hydroxyl groups excluding tert-OH is 5. The van der Waals surface area contributed by atoms with Crippen molar-refractivity contribution in [3.05, 3.63) is 76.9 Å². The number of phenols is 4. The first-order valence-electron chi connectivity index (χ1n) is 12.5. The van der Waals surface area contributed by atoms with Crippen LogP contribution in [0.25, 0.3) is 0 Å². The number of hydrogen-bond acceptors (Lipinski definition) is 12. The fraction of sp³-hybridized carbons (Fsp3) is 0.357. The summed E-state index contributed by atoms with van der Waals surface area (Å²) in [6.07, 6.45) is -10.3. The zero-order chi connectivity index (χ0) is 28.7. The number of aromatic hydroxyl groups is 4. The fourth-order valence-corrected chi connectivity index (χ4v) is 6.42. The number of hydrogen-bond donors (Lipinski definition) is 9. The van der Waals surface area contributed by atoms with Gasteiger partial charge < -0.3 is 55.4 Å². The molecule has 0 aromatic heterocycles. The number of ether oxygens (including phenoxy) is 2. The van der Waals surface area contributed by atoms with Crippen LogP contribution in [0.15, 0.2) is 54.6 Å². The minimum absolute atomic E-state index is 0.0109. The summed E-state index contributed by atoms with van der Waals surface area (Å²) in [5.41, 5.74) is 1.05. The van der Waals surface area contributed by atoms with Crippen molar-refractivity contribution >= 4 is 11.8 Å². The van der Waals surface area contributed by atoms with Gasteiger partial charge in [0.05, 0.1) is 23.0 Å². The fourth-order valence-electron chi connectivity index (χ4n) is 5.12. The predicted octanol–water partition coefficient (Wildman–Crippen LogP) is 1.49. The van der Waals surface area contributed by atoms with Crippen molar-refractivity contribution in [2.75, 3.05) is 6.61 Å². The second-order valence-electron chi connectivity index (χ2n) is 9.81. The van der Waals surface area contributed by atoms with E-state index in [1.807, 2.05) is 30.3 Å². The van der Waals surface area contributed by atoms with Crippen LogP contribution in [0, 0.1) is 0 Å². The van der Waals surface area contributed by atoms with Gasteiger partial charge in [-0.05, 0) is 23.3 Å². The van der Waals surface area contributed by atoms with Crippen molar-refractivity contribution in [1.29, 1.82) is 0 Å². The van der Waals surface area contributed by atoms with E-state index in [1.54, 1.807) is 0 Å². The smallest absolute Gasteiger partial charge is 0.157 e. The molecule has 2 aliphatic rings. The van der Waals surface area contributed by atoms with E-state index in [4.69, 9.17) is 9.47 Å². The molecule has 12 heteroatoms. The van der Waals surface area contributed by atoms with Crippen LogP contribution < -0.4 is 4.74 Å². The molecular weight excluding hydrogens is 544 g/mol. The molecular formula is C28H30O11S. The van der Waals surface area contributed by atoms with Gasteiger partial charge in [-0.25, -0.2) is 0 Å². The standard InChI is InChI=1S/C28H30O11S/c29-10-18-21(33)23(35)24(36)27(39-18)19-16(32)9-17-20(22(19)34)28(40-11-12-4-2-1-3-5-12)25(37)26(38-17)13-6-7-14(30)15(31)8-13/h1-9,18,21,23-37H,10-11H2/t18-,21-,23+,24-,25+,26-,27+,28+/m1/s1. The molecule has 2 heterocycles. The maximum absolute atomic E-state index is 11.5. The summed E-state index contributed by atoms with van der Waals surface area (Å²) in [6.45, 7) is -0.702. The second-order valence-corrected chi connectivity index (χ2v) is 10.9. The average Bonchev–Trinajstić information content (AvgIpc) is 2.94. The van der Waals surface area contributed by atoms with Gasteiger partial charge in [-0.1, -0.05) is 36.4 Å². The Morgan fingerprint density at radius 1 is 0.700 bits per heavy atom. The first-order valence-corrected chi connectivity index (χ1v) is 13.6. The molecule has 214 valence electrons. The highest BCUT2D eigenvalue weighted by Gasteiger charge is 2.48. The molecule has 9 N–H and O–H groups in total. The molecule has 3 aromatic rings. The van der Waals surface area contributed by atoms with E-state index in [9.17, 15) is 46.0 Å². The van der Waals surface area contributed by atoms with Gasteiger partial charge in [0.2, 0.25) is 0 Å². The zero-order valence-corrected chi connectivity index (χ0v) is 21.8. The van der Waals surface area contributed by atoms with Crippen LogP contribution in [0.2, 0.25) is 0 Å². The molecule has 11 nitrogen and oxygen atoms in total. The Bertz CT molecular complexity index is 1350. The first kappa shape index (κ1) is 28.3. The number of aliphatic hydroxyl groups is 5. The van der Waals surface area contributed by atoms with Crippen LogP contribution in [-0.4, -0.2) is 83.1 Å². The lowest BCUT2D eigenvalue weighted by Gasteiger charge is -2.42. The highest BCUT2D eigenvalue weighted by atomic mass is 32.2. The SMILES string of the molecule is OC[C@H]1O[C@@H](c2c(O)cc3c(c2O)[C@H](SCc2ccccc2)[C@@H](O)[C@@H](c2ccc(O)c(O)c2)O3)[C@H](O)[C@@H](O)[C@@H]1O. The van der Waals surface area contributed by atoms with Crippen molar-refractivity contribution < 1.29 is 55.4 Å². The van der Waals surface area contributed by atoms with Gasteiger partial charge in [-0.2, -0.15) is 0 Å². The predicted molar refractivity (Wildman–Crippen MR) is 142 cm³/mol. The number of thioether (sulfide) groups is 1. The molecule has 1 fully saturated rings. The topological polar surface area (TPSA) is 201 Å². The Hall–Kier alpha value is -3.23. The molecule has 0 unspecified atom stereocenters. The van der Waals surface area contributed by atoms with Gasteiger partial charge >= 0.3 is 0 Å². The summed E-state index contributed by atoms with van der Waals surface area (Å²) in [6, 6.07) is 14.5. The molecule has 0 bridgehead atoms. The molecule has 0 saturated carbocycles. The minimum atomic E-state index is -1.77. The lowest BCUT2D eigenvalue weighted by Crippen LogP contribution is -2.55. The molecule has 0 amide bonds. The molecule has 0 aliphatic carbocycles. The van der Waals surface area contributed by atoms with E-state index in [1.165, 1.54) is 36.0 Å². The summed E-state index contributed by atoms with van der Waals surface area (Å²) in [5, 5.41) is 93.6. The van der Waals surface area contributed by atoms with Gasteiger partial charge in [-0.3, -0.25) is 0 Å². The Balaban J connectivity index is 1.59. The molecule has 0 radical (unpaired) electrons. The molecule has 1 saturated heterocycles. The average molecular weight is 575 g/mol. The third kappa shape index (κ3) is 5.03. The number of benzene rings is 3. The van der Waals surface area contributed by atoms with E-state index in [0.717, 1.165) is 5.56 Å². The summed E-state index contributed by atoms with van der Waals surface area (Å²) in [7, 11) is 0. The van der Waals surface area contributed by atoms with Crippen LogP contribution in [0.3, 0.4) is 0 Å². The van der Waals surface area contributed by atoms with Crippen LogP contribution in [0.4, 0.5) is 0 Å². The minimum Gasteiger partial charge on any atom is -0.507 e. The van der Waals surface area contributed by atoms with Gasteiger partial charge in [-0.15, -0.1) is 11.8 Å². The Labute approximate surface area is 233 Å². The molecule has 40 heavy (non-hydrogen) atoms. The number of fused-ring (bicyclic) bond motifs is 1. The van der Waals surface area contributed by atoms with Crippen LogP contribution in [0.5, 0.6) is 28.7 Å². The van der Waals surface area contributed by atoms with Gasteiger partial charge in [0.25, 0.3) is 0 Å². The molecule has 0 spiro atoms. The Morgan fingerprint density at radius 2 is 1.43 bits per heavy atom. The van der Waals surface area contributed by atoms with Gasteiger partial charge in [0.15, 0.2) is 17.6 Å². The summed E-state index contributed by atoms with van der Waals surface area (Å²) in [5.74, 6) is -1.48. The summed E-state index contributed by atoms with van der Waals surface area (Å²) in [4.78, 5) is 0. The van der Waals surface area contributed by atoms with E-state index >= 15 is 0 Å². The number of rotatable bonds is 6. The largest absolute Gasteiger partial charge is 0.507 e. The van der Waals surface area contributed by atoms with Gasteiger partial charge in [0, 0.05) is 11.8 Å². The van der Waals surface area contributed by atoms with Crippen molar-refractivity contribution in [2.24, 2.45) is 0 Å². The number of phenolic OH excluding ortho intramolecular Hbond substituents is 4. The van der Waals surface area contributed by atoms with E-state index in [2.05, 4.69) is 0 Å². The first-order chi connectivity index (χ1) is 19.1. The second kappa shape index (κ2) is 11.3. The van der Waals surface area contributed by atoms with E-state index in [-0.39, 0.29) is 22.6 Å². The lowest BCUT2D eigenvalue weighted by atomic mass is 9.87. The highest BCUT2D eigenvalue weighted by molar-refractivity contribution is 7.98. The molecule has 8 atom stereocenters. The third-order valence-electron chi connectivity index (χ3n) is 7.26.